The van der Waals surface area contributed by atoms with Crippen LogP contribution in [0, 0.1) is 0 Å². The van der Waals surface area contributed by atoms with Crippen LogP contribution in [-0.4, -0.2) is 42.5 Å². The highest BCUT2D eigenvalue weighted by molar-refractivity contribution is 5.76. The summed E-state index contributed by atoms with van der Waals surface area (Å²) in [6.07, 6.45) is 6.83. The van der Waals surface area contributed by atoms with Gasteiger partial charge in [0.1, 0.15) is 5.78 Å². The fourth-order valence-corrected chi connectivity index (χ4v) is 3.07. The Morgan fingerprint density at radius 2 is 2.00 bits per heavy atom. The van der Waals surface area contributed by atoms with Gasteiger partial charge >= 0.3 is 0 Å². The zero-order valence-corrected chi connectivity index (χ0v) is 10.3. The number of carbonyl (C=O) groups is 1. The number of likely N-dealkylation sites (tertiary alicyclic amines) is 1. The Morgan fingerprint density at radius 1 is 1.25 bits per heavy atom. The zero-order chi connectivity index (χ0) is 11.4. The largest absolute Gasteiger partial charge is 0.381 e. The number of carbonyl (C=O) groups excluding carboxylic acids is 1. The SMILES string of the molecule is CC(=O)CC1CCCCN1C1CCOCC1. The van der Waals surface area contributed by atoms with Gasteiger partial charge in [0, 0.05) is 31.7 Å². The highest BCUT2D eigenvalue weighted by atomic mass is 16.5. The lowest BCUT2D eigenvalue weighted by Crippen LogP contribution is -2.48. The zero-order valence-electron chi connectivity index (χ0n) is 10.3. The third-order valence-corrected chi connectivity index (χ3v) is 3.86. The Hall–Kier alpha value is -0.410. The van der Waals surface area contributed by atoms with Crippen LogP contribution < -0.4 is 0 Å². The van der Waals surface area contributed by atoms with Crippen molar-refractivity contribution in [1.29, 1.82) is 0 Å². The van der Waals surface area contributed by atoms with E-state index in [0.717, 1.165) is 32.5 Å². The summed E-state index contributed by atoms with van der Waals surface area (Å²) in [4.78, 5) is 13.9. The summed E-state index contributed by atoms with van der Waals surface area (Å²) in [5, 5.41) is 0. The summed E-state index contributed by atoms with van der Waals surface area (Å²) in [6, 6.07) is 1.17. The van der Waals surface area contributed by atoms with Gasteiger partial charge in [-0.25, -0.2) is 0 Å². The van der Waals surface area contributed by atoms with Crippen molar-refractivity contribution >= 4 is 5.78 Å². The fraction of sp³-hybridized carbons (Fsp3) is 0.923. The quantitative estimate of drug-likeness (QED) is 0.735. The van der Waals surface area contributed by atoms with Crippen molar-refractivity contribution in [2.24, 2.45) is 0 Å². The second-order valence-electron chi connectivity index (χ2n) is 5.14. The van der Waals surface area contributed by atoms with Crippen LogP contribution in [0.15, 0.2) is 0 Å². The third kappa shape index (κ3) is 3.05. The first-order valence-corrected chi connectivity index (χ1v) is 6.60. The van der Waals surface area contributed by atoms with Crippen molar-refractivity contribution in [2.45, 2.75) is 57.5 Å². The van der Waals surface area contributed by atoms with Gasteiger partial charge in [0.25, 0.3) is 0 Å². The molecule has 0 bridgehead atoms. The molecule has 0 amide bonds. The summed E-state index contributed by atoms with van der Waals surface area (Å²) in [5.74, 6) is 0.337. The minimum Gasteiger partial charge on any atom is -0.381 e. The molecule has 2 saturated heterocycles. The van der Waals surface area contributed by atoms with Gasteiger partial charge in [-0.15, -0.1) is 0 Å². The standard InChI is InChI=1S/C13H23NO2/c1-11(15)10-13-4-2-3-7-14(13)12-5-8-16-9-6-12/h12-13H,2-10H2,1H3. The number of ketones is 1. The first kappa shape index (κ1) is 12.1. The van der Waals surface area contributed by atoms with Gasteiger partial charge in [-0.3, -0.25) is 9.69 Å². The molecule has 0 radical (unpaired) electrons. The average molecular weight is 225 g/mol. The molecule has 0 aliphatic carbocycles. The average Bonchev–Trinajstić information content (AvgIpc) is 2.30. The smallest absolute Gasteiger partial charge is 0.131 e. The number of hydrogen-bond donors (Lipinski definition) is 0. The van der Waals surface area contributed by atoms with E-state index in [1.54, 1.807) is 6.92 Å². The topological polar surface area (TPSA) is 29.5 Å². The lowest BCUT2D eigenvalue weighted by molar-refractivity contribution is -0.119. The molecule has 2 aliphatic rings. The van der Waals surface area contributed by atoms with Crippen molar-refractivity contribution < 1.29 is 9.53 Å². The monoisotopic (exact) mass is 225 g/mol. The molecule has 2 aliphatic heterocycles. The molecule has 3 heteroatoms. The maximum Gasteiger partial charge on any atom is 0.131 e. The highest BCUT2D eigenvalue weighted by Gasteiger charge is 2.30. The van der Waals surface area contributed by atoms with Crippen LogP contribution >= 0.6 is 0 Å². The number of nitrogens with zero attached hydrogens (tertiary/aromatic N) is 1. The molecule has 92 valence electrons. The molecular formula is C13H23NO2. The Morgan fingerprint density at radius 3 is 2.69 bits per heavy atom. The van der Waals surface area contributed by atoms with Crippen LogP contribution in [-0.2, 0) is 9.53 Å². The van der Waals surface area contributed by atoms with E-state index < -0.39 is 0 Å². The Bertz CT molecular complexity index is 236. The molecule has 16 heavy (non-hydrogen) atoms. The molecular weight excluding hydrogens is 202 g/mol. The van der Waals surface area contributed by atoms with Gasteiger partial charge in [0.15, 0.2) is 0 Å². The lowest BCUT2D eigenvalue weighted by Gasteiger charge is -2.42. The Labute approximate surface area is 98.1 Å². The molecule has 1 unspecified atom stereocenters. The predicted molar refractivity (Wildman–Crippen MR) is 63.5 cm³/mol. The molecule has 1 atom stereocenters. The summed E-state index contributed by atoms with van der Waals surface area (Å²) in [7, 11) is 0. The molecule has 2 fully saturated rings. The van der Waals surface area contributed by atoms with Crippen molar-refractivity contribution in [3.8, 4) is 0 Å². The molecule has 0 aromatic carbocycles. The lowest BCUT2D eigenvalue weighted by atomic mass is 9.93. The van der Waals surface area contributed by atoms with Gasteiger partial charge < -0.3 is 4.74 Å². The number of ether oxygens (including phenoxy) is 1. The van der Waals surface area contributed by atoms with Crippen LogP contribution in [0.25, 0.3) is 0 Å². The van der Waals surface area contributed by atoms with E-state index in [1.807, 2.05) is 0 Å². The van der Waals surface area contributed by atoms with Gasteiger partial charge in [-0.05, 0) is 39.2 Å². The number of hydrogen-bond acceptors (Lipinski definition) is 3. The van der Waals surface area contributed by atoms with E-state index in [9.17, 15) is 4.79 Å². The molecule has 0 N–H and O–H groups in total. The van der Waals surface area contributed by atoms with Crippen LogP contribution in [0.5, 0.6) is 0 Å². The van der Waals surface area contributed by atoms with Crippen molar-refractivity contribution in [3.63, 3.8) is 0 Å². The molecule has 2 rings (SSSR count). The Balaban J connectivity index is 1.94. The van der Waals surface area contributed by atoms with Gasteiger partial charge in [0.05, 0.1) is 0 Å². The summed E-state index contributed by atoms with van der Waals surface area (Å²) < 4.78 is 5.41. The van der Waals surface area contributed by atoms with E-state index in [1.165, 1.54) is 25.8 Å². The third-order valence-electron chi connectivity index (χ3n) is 3.86. The summed E-state index contributed by atoms with van der Waals surface area (Å²) in [5.41, 5.74) is 0. The fourth-order valence-electron chi connectivity index (χ4n) is 3.07. The predicted octanol–water partition coefficient (Wildman–Crippen LogP) is 2.00. The number of Topliss-reactive ketones (excluding diaryl/α,β-unsaturated/α-hetero) is 1. The van der Waals surface area contributed by atoms with Crippen LogP contribution in [0.2, 0.25) is 0 Å². The maximum absolute atomic E-state index is 11.3. The normalized spacial score (nSPS) is 29.2. The molecule has 3 nitrogen and oxygen atoms in total. The van der Waals surface area contributed by atoms with Gasteiger partial charge in [-0.1, -0.05) is 6.42 Å². The Kier molecular flexibility index (Phi) is 4.36. The van der Waals surface area contributed by atoms with E-state index in [-0.39, 0.29) is 0 Å². The first-order valence-electron chi connectivity index (χ1n) is 6.60. The molecule has 0 aromatic heterocycles. The maximum atomic E-state index is 11.3. The minimum atomic E-state index is 0.337. The molecule has 0 spiro atoms. The molecule has 0 saturated carbocycles. The van der Waals surface area contributed by atoms with Gasteiger partial charge in [-0.2, -0.15) is 0 Å². The first-order chi connectivity index (χ1) is 7.77. The van der Waals surface area contributed by atoms with Crippen molar-refractivity contribution in [1.82, 2.24) is 4.90 Å². The van der Waals surface area contributed by atoms with E-state index in [4.69, 9.17) is 4.74 Å². The number of rotatable bonds is 3. The second kappa shape index (κ2) is 5.78. The highest BCUT2D eigenvalue weighted by Crippen LogP contribution is 2.26. The molecule has 2 heterocycles. The van der Waals surface area contributed by atoms with Crippen molar-refractivity contribution in [3.05, 3.63) is 0 Å². The van der Waals surface area contributed by atoms with Crippen LogP contribution in [0.1, 0.15) is 45.4 Å². The van der Waals surface area contributed by atoms with Gasteiger partial charge in [0.2, 0.25) is 0 Å². The van der Waals surface area contributed by atoms with Crippen LogP contribution in [0.4, 0.5) is 0 Å². The second-order valence-corrected chi connectivity index (χ2v) is 5.14. The minimum absolute atomic E-state index is 0.337. The van der Waals surface area contributed by atoms with Crippen molar-refractivity contribution in [2.75, 3.05) is 19.8 Å². The summed E-state index contributed by atoms with van der Waals surface area (Å²) in [6.45, 7) is 4.70. The number of piperidine rings is 1. The molecule has 0 aromatic rings. The van der Waals surface area contributed by atoms with E-state index >= 15 is 0 Å². The van der Waals surface area contributed by atoms with E-state index in [2.05, 4.69) is 4.90 Å². The van der Waals surface area contributed by atoms with E-state index in [0.29, 0.717) is 17.9 Å². The summed E-state index contributed by atoms with van der Waals surface area (Å²) >= 11 is 0. The van der Waals surface area contributed by atoms with Crippen LogP contribution in [0.3, 0.4) is 0 Å².